The van der Waals surface area contributed by atoms with Gasteiger partial charge in [-0.1, -0.05) is 6.92 Å². The molecule has 90 valence electrons. The van der Waals surface area contributed by atoms with Gasteiger partial charge in [0.2, 0.25) is 5.91 Å². The van der Waals surface area contributed by atoms with Crippen molar-refractivity contribution < 1.29 is 9.90 Å². The number of likely N-dealkylation sites (tertiary alicyclic amines) is 1. The number of aliphatic hydroxyl groups is 1. The molecule has 3 fully saturated rings. The summed E-state index contributed by atoms with van der Waals surface area (Å²) in [5.74, 6) is 2.15. The van der Waals surface area contributed by atoms with E-state index in [2.05, 4.69) is 6.92 Å². The zero-order chi connectivity index (χ0) is 11.3. The van der Waals surface area contributed by atoms with Crippen LogP contribution in [0.15, 0.2) is 0 Å². The van der Waals surface area contributed by atoms with Crippen LogP contribution in [0.25, 0.3) is 0 Å². The van der Waals surface area contributed by atoms with E-state index in [0.29, 0.717) is 23.7 Å². The Hall–Kier alpha value is -0.570. The lowest BCUT2D eigenvalue weighted by atomic mass is 10.00. The maximum atomic E-state index is 12.2. The van der Waals surface area contributed by atoms with Gasteiger partial charge in [0.25, 0.3) is 0 Å². The molecule has 1 saturated heterocycles. The highest BCUT2D eigenvalue weighted by molar-refractivity contribution is 5.79. The lowest BCUT2D eigenvalue weighted by Crippen LogP contribution is -2.35. The number of aliphatic hydroxyl groups excluding tert-OH is 1. The predicted molar refractivity (Wildman–Crippen MR) is 60.7 cm³/mol. The van der Waals surface area contributed by atoms with E-state index in [1.54, 1.807) is 0 Å². The van der Waals surface area contributed by atoms with Crippen LogP contribution in [-0.4, -0.2) is 35.1 Å². The molecule has 3 rings (SSSR count). The Kier molecular flexibility index (Phi) is 2.46. The molecular formula is C13H21NO2. The molecule has 0 aromatic heterocycles. The number of amides is 1. The Morgan fingerprint density at radius 3 is 2.62 bits per heavy atom. The van der Waals surface area contributed by atoms with Crippen LogP contribution >= 0.6 is 0 Å². The average molecular weight is 223 g/mol. The molecule has 3 aliphatic rings. The topological polar surface area (TPSA) is 40.5 Å². The number of rotatable bonds is 2. The molecule has 1 N–H and O–H groups in total. The summed E-state index contributed by atoms with van der Waals surface area (Å²) in [6.07, 6.45) is 4.36. The molecule has 1 amide bonds. The third kappa shape index (κ3) is 1.65. The number of hydrogen-bond acceptors (Lipinski definition) is 2. The van der Waals surface area contributed by atoms with Gasteiger partial charge < -0.3 is 10.0 Å². The molecule has 4 atom stereocenters. The highest BCUT2D eigenvalue weighted by atomic mass is 16.3. The van der Waals surface area contributed by atoms with Crippen molar-refractivity contribution in [3.8, 4) is 0 Å². The number of fused-ring (bicyclic) bond motifs is 1. The van der Waals surface area contributed by atoms with Crippen LogP contribution in [0.1, 0.15) is 32.6 Å². The van der Waals surface area contributed by atoms with E-state index in [9.17, 15) is 9.90 Å². The summed E-state index contributed by atoms with van der Waals surface area (Å²) < 4.78 is 0. The van der Waals surface area contributed by atoms with Crippen LogP contribution in [0, 0.1) is 23.7 Å². The third-order valence-corrected chi connectivity index (χ3v) is 4.85. The fourth-order valence-electron chi connectivity index (χ4n) is 3.50. The van der Waals surface area contributed by atoms with Crippen molar-refractivity contribution in [2.24, 2.45) is 23.7 Å². The van der Waals surface area contributed by atoms with Crippen molar-refractivity contribution in [1.82, 2.24) is 4.90 Å². The van der Waals surface area contributed by atoms with E-state index in [4.69, 9.17) is 0 Å². The second kappa shape index (κ2) is 3.73. The van der Waals surface area contributed by atoms with Crippen molar-refractivity contribution in [3.63, 3.8) is 0 Å². The van der Waals surface area contributed by atoms with Crippen molar-refractivity contribution >= 4 is 5.91 Å². The van der Waals surface area contributed by atoms with Gasteiger partial charge in [-0.3, -0.25) is 4.79 Å². The maximum Gasteiger partial charge on any atom is 0.225 e. The van der Waals surface area contributed by atoms with Gasteiger partial charge in [0.05, 0.1) is 6.10 Å². The first-order valence-corrected chi connectivity index (χ1v) is 6.63. The van der Waals surface area contributed by atoms with Crippen LogP contribution in [-0.2, 0) is 4.79 Å². The maximum absolute atomic E-state index is 12.2. The zero-order valence-corrected chi connectivity index (χ0v) is 9.93. The summed E-state index contributed by atoms with van der Waals surface area (Å²) >= 11 is 0. The number of carbonyl (C=O) groups is 1. The van der Waals surface area contributed by atoms with E-state index in [0.717, 1.165) is 25.9 Å². The molecule has 0 bridgehead atoms. The molecule has 0 aromatic carbocycles. The predicted octanol–water partition coefficient (Wildman–Crippen LogP) is 1.26. The Morgan fingerprint density at radius 1 is 1.25 bits per heavy atom. The highest BCUT2D eigenvalue weighted by Gasteiger charge is 2.45. The molecule has 0 radical (unpaired) electrons. The van der Waals surface area contributed by atoms with Crippen LogP contribution in [0.3, 0.4) is 0 Å². The Labute approximate surface area is 96.8 Å². The summed E-state index contributed by atoms with van der Waals surface area (Å²) in [4.78, 5) is 14.2. The quantitative estimate of drug-likeness (QED) is 0.765. The SMILES string of the molecule is CC(C(=O)N1CC2CCC(O)C2C1)C1CC1. The van der Waals surface area contributed by atoms with Gasteiger partial charge in [-0.25, -0.2) is 0 Å². The normalized spacial score (nSPS) is 39.9. The Balaban J connectivity index is 1.62. The molecule has 2 aliphatic carbocycles. The molecule has 2 saturated carbocycles. The van der Waals surface area contributed by atoms with Crippen molar-refractivity contribution in [3.05, 3.63) is 0 Å². The fraction of sp³-hybridized carbons (Fsp3) is 0.923. The molecule has 0 spiro atoms. The van der Waals surface area contributed by atoms with Crippen LogP contribution < -0.4 is 0 Å². The second-order valence-corrected chi connectivity index (χ2v) is 5.94. The van der Waals surface area contributed by atoms with E-state index in [-0.39, 0.29) is 12.0 Å². The Bertz CT molecular complexity index is 300. The van der Waals surface area contributed by atoms with E-state index in [1.165, 1.54) is 12.8 Å². The molecule has 16 heavy (non-hydrogen) atoms. The van der Waals surface area contributed by atoms with Gasteiger partial charge in [-0.05, 0) is 37.5 Å². The average Bonchev–Trinajstić information content (AvgIpc) is 2.95. The van der Waals surface area contributed by atoms with Crippen LogP contribution in [0.2, 0.25) is 0 Å². The third-order valence-electron chi connectivity index (χ3n) is 4.85. The minimum Gasteiger partial charge on any atom is -0.393 e. The summed E-state index contributed by atoms with van der Waals surface area (Å²) in [6.45, 7) is 3.78. The zero-order valence-electron chi connectivity index (χ0n) is 9.93. The summed E-state index contributed by atoms with van der Waals surface area (Å²) in [6, 6.07) is 0. The second-order valence-electron chi connectivity index (χ2n) is 5.94. The smallest absolute Gasteiger partial charge is 0.225 e. The van der Waals surface area contributed by atoms with Gasteiger partial charge in [0.15, 0.2) is 0 Å². The molecule has 1 heterocycles. The van der Waals surface area contributed by atoms with E-state index in [1.807, 2.05) is 4.90 Å². The van der Waals surface area contributed by atoms with Gasteiger partial charge in [0, 0.05) is 24.9 Å². The number of hydrogen-bond donors (Lipinski definition) is 1. The first-order chi connectivity index (χ1) is 7.66. The highest BCUT2D eigenvalue weighted by Crippen LogP contribution is 2.41. The van der Waals surface area contributed by atoms with Gasteiger partial charge in [0.1, 0.15) is 0 Å². The molecular weight excluding hydrogens is 202 g/mol. The molecule has 1 aliphatic heterocycles. The standard InChI is InChI=1S/C13H21NO2/c1-8(9-2-3-9)13(16)14-6-10-4-5-12(15)11(10)7-14/h8-12,15H,2-7H2,1H3. The van der Waals surface area contributed by atoms with Gasteiger partial charge >= 0.3 is 0 Å². The molecule has 0 aromatic rings. The first kappa shape index (κ1) is 10.6. The summed E-state index contributed by atoms with van der Waals surface area (Å²) in [5, 5.41) is 9.82. The van der Waals surface area contributed by atoms with Gasteiger partial charge in [-0.15, -0.1) is 0 Å². The first-order valence-electron chi connectivity index (χ1n) is 6.63. The van der Waals surface area contributed by atoms with Crippen molar-refractivity contribution in [2.75, 3.05) is 13.1 Å². The van der Waals surface area contributed by atoms with Crippen LogP contribution in [0.5, 0.6) is 0 Å². The lowest BCUT2D eigenvalue weighted by Gasteiger charge is -2.22. The number of carbonyl (C=O) groups excluding carboxylic acids is 1. The fourth-order valence-corrected chi connectivity index (χ4v) is 3.50. The lowest BCUT2D eigenvalue weighted by molar-refractivity contribution is -0.135. The van der Waals surface area contributed by atoms with Crippen molar-refractivity contribution in [1.29, 1.82) is 0 Å². The summed E-state index contributed by atoms with van der Waals surface area (Å²) in [7, 11) is 0. The number of nitrogens with zero attached hydrogens (tertiary/aromatic N) is 1. The van der Waals surface area contributed by atoms with Crippen molar-refractivity contribution in [2.45, 2.75) is 38.7 Å². The summed E-state index contributed by atoms with van der Waals surface area (Å²) in [5.41, 5.74) is 0. The molecule has 4 unspecified atom stereocenters. The van der Waals surface area contributed by atoms with E-state index >= 15 is 0 Å². The largest absolute Gasteiger partial charge is 0.393 e. The monoisotopic (exact) mass is 223 g/mol. The molecule has 3 nitrogen and oxygen atoms in total. The Morgan fingerprint density at radius 2 is 2.00 bits per heavy atom. The minimum absolute atomic E-state index is 0.154. The van der Waals surface area contributed by atoms with Gasteiger partial charge in [-0.2, -0.15) is 0 Å². The van der Waals surface area contributed by atoms with E-state index < -0.39 is 0 Å². The molecule has 3 heteroatoms. The minimum atomic E-state index is -0.154. The van der Waals surface area contributed by atoms with Crippen LogP contribution in [0.4, 0.5) is 0 Å².